The third-order valence-corrected chi connectivity index (χ3v) is 5.00. The molecule has 0 saturated heterocycles. The highest BCUT2D eigenvalue weighted by molar-refractivity contribution is 7.39. The van der Waals surface area contributed by atoms with Gasteiger partial charge in [-0.1, -0.05) is 11.6 Å². The first kappa shape index (κ1) is 22.1. The number of hydrogen-bond acceptors (Lipinski definition) is 5. The molecule has 0 spiro atoms. The second-order valence-electron chi connectivity index (χ2n) is 5.52. The summed E-state index contributed by atoms with van der Waals surface area (Å²) in [6.07, 6.45) is -4.36. The average Bonchev–Trinajstić information content (AvgIpc) is 2.61. The van der Waals surface area contributed by atoms with Crippen LogP contribution in [0.3, 0.4) is 0 Å². The van der Waals surface area contributed by atoms with Crippen LogP contribution in [0, 0.1) is 10.1 Å². The van der Waals surface area contributed by atoms with E-state index in [4.69, 9.17) is 20.9 Å². The molecular weight excluding hydrogens is 422 g/mol. The largest absolute Gasteiger partial charge is 0.508 e. The summed E-state index contributed by atoms with van der Waals surface area (Å²) < 4.78 is 60.2. The normalized spacial score (nSPS) is 12.0. The molecule has 2 aromatic rings. The third kappa shape index (κ3) is 5.89. The van der Waals surface area contributed by atoms with Crippen LogP contribution in [-0.4, -0.2) is 17.7 Å². The number of hydrogen-bond donors (Lipinski definition) is 0. The molecule has 1 atom stereocenters. The summed E-state index contributed by atoms with van der Waals surface area (Å²) in [5.74, 6) is 0.115. The van der Waals surface area contributed by atoms with Gasteiger partial charge in [0.05, 0.1) is 22.1 Å². The zero-order valence-electron chi connectivity index (χ0n) is 14.5. The summed E-state index contributed by atoms with van der Waals surface area (Å²) in [6.45, 7) is 1.94. The molecule has 0 N–H and O–H groups in total. The smallest absolute Gasteiger partial charge is 0.456 e. The molecule has 150 valence electrons. The number of halogens is 4. The Kier molecular flexibility index (Phi) is 7.35. The van der Waals surface area contributed by atoms with Gasteiger partial charge in [0.25, 0.3) is 5.69 Å². The number of nitrogens with zero attached hydrogens (tertiary/aromatic N) is 1. The molecule has 1 unspecified atom stereocenters. The number of aryl methyl sites for hydroxylation is 1. The second kappa shape index (κ2) is 9.32. The minimum absolute atomic E-state index is 0.0325. The van der Waals surface area contributed by atoms with E-state index < -0.39 is 24.7 Å². The molecule has 0 aromatic heterocycles. The lowest BCUT2D eigenvalue weighted by molar-refractivity contribution is -0.385. The molecule has 0 bridgehead atoms. The molecule has 0 saturated carbocycles. The molecule has 28 heavy (non-hydrogen) atoms. The van der Waals surface area contributed by atoms with Gasteiger partial charge in [-0.25, -0.2) is 0 Å². The maximum absolute atomic E-state index is 12.7. The Bertz CT molecular complexity index is 892. The van der Waals surface area contributed by atoms with Crippen molar-refractivity contribution in [2.45, 2.75) is 19.5 Å². The monoisotopic (exact) mass is 436 g/mol. The van der Waals surface area contributed by atoms with Crippen molar-refractivity contribution in [3.05, 3.63) is 62.7 Å². The van der Waals surface area contributed by atoms with Crippen molar-refractivity contribution in [2.75, 3.05) is 12.8 Å². The number of rotatable bonds is 8. The number of benzene rings is 2. The van der Waals surface area contributed by atoms with Crippen LogP contribution in [-0.2, 0) is 21.7 Å². The van der Waals surface area contributed by atoms with Crippen molar-refractivity contribution in [3.8, 4) is 11.5 Å². The first-order valence-electron chi connectivity index (χ1n) is 8.01. The molecule has 6 nitrogen and oxygen atoms in total. The molecule has 0 aliphatic carbocycles. The summed E-state index contributed by atoms with van der Waals surface area (Å²) in [7, 11) is -1.95. The molecule has 2 aromatic carbocycles. The Morgan fingerprint density at radius 3 is 2.50 bits per heavy atom. The van der Waals surface area contributed by atoms with E-state index in [0.717, 1.165) is 18.2 Å². The van der Waals surface area contributed by atoms with Gasteiger partial charge in [0.2, 0.25) is 0 Å². The SMILES string of the molecule is CCO[P+](=O)CCc1cc(Oc2ccc(C(F)(F)F)cc2Cl)ccc1[N+](=O)[O-]. The van der Waals surface area contributed by atoms with Gasteiger partial charge in [-0.3, -0.25) is 10.1 Å². The van der Waals surface area contributed by atoms with Crippen molar-refractivity contribution in [1.29, 1.82) is 0 Å². The number of nitro benzene ring substituents is 1. The fourth-order valence-corrected chi connectivity index (χ4v) is 3.37. The van der Waals surface area contributed by atoms with Gasteiger partial charge >= 0.3 is 14.2 Å². The van der Waals surface area contributed by atoms with E-state index in [1.807, 2.05) is 0 Å². The zero-order chi connectivity index (χ0) is 20.9. The lowest BCUT2D eigenvalue weighted by Crippen LogP contribution is -2.04. The molecule has 11 heteroatoms. The van der Waals surface area contributed by atoms with Crippen molar-refractivity contribution in [1.82, 2.24) is 0 Å². The van der Waals surface area contributed by atoms with Gasteiger partial charge in [-0.05, 0) is 41.8 Å². The van der Waals surface area contributed by atoms with Gasteiger partial charge in [-0.2, -0.15) is 13.2 Å². The molecule has 0 fully saturated rings. The van der Waals surface area contributed by atoms with E-state index in [1.165, 1.54) is 18.2 Å². The van der Waals surface area contributed by atoms with E-state index in [-0.39, 0.29) is 47.0 Å². The zero-order valence-corrected chi connectivity index (χ0v) is 16.2. The van der Waals surface area contributed by atoms with Crippen molar-refractivity contribution in [2.24, 2.45) is 0 Å². The van der Waals surface area contributed by atoms with E-state index >= 15 is 0 Å². The van der Waals surface area contributed by atoms with Crippen LogP contribution in [0.2, 0.25) is 5.02 Å². The molecule has 0 amide bonds. The Hall–Kier alpha value is -2.22. The van der Waals surface area contributed by atoms with Crippen LogP contribution in [0.15, 0.2) is 36.4 Å². The Balaban J connectivity index is 2.25. The van der Waals surface area contributed by atoms with E-state index in [9.17, 15) is 27.9 Å². The maximum atomic E-state index is 12.7. The van der Waals surface area contributed by atoms with Crippen molar-refractivity contribution >= 4 is 25.3 Å². The highest BCUT2D eigenvalue weighted by Gasteiger charge is 2.31. The standard InChI is InChI=1S/C17H15ClF3NO5P/c1-2-26-28(25)8-7-11-9-13(4-5-15(11)22(23)24)27-16-6-3-12(10-14(16)18)17(19,20)21/h3-6,9-10H,2,7-8H2,1H3/q+1. The predicted octanol–water partition coefficient (Wildman–Crippen LogP) is 6.38. The summed E-state index contributed by atoms with van der Waals surface area (Å²) in [6, 6.07) is 6.49. The maximum Gasteiger partial charge on any atom is 0.508 e. The molecule has 0 radical (unpaired) electrons. The van der Waals surface area contributed by atoms with Crippen LogP contribution in [0.4, 0.5) is 18.9 Å². The number of alkyl halides is 3. The van der Waals surface area contributed by atoms with Gasteiger partial charge in [0.1, 0.15) is 11.5 Å². The number of ether oxygens (including phenoxy) is 1. The Morgan fingerprint density at radius 1 is 1.21 bits per heavy atom. The van der Waals surface area contributed by atoms with Crippen LogP contribution in [0.5, 0.6) is 11.5 Å². The van der Waals surface area contributed by atoms with E-state index in [0.29, 0.717) is 0 Å². The third-order valence-electron chi connectivity index (χ3n) is 3.57. The Morgan fingerprint density at radius 2 is 1.93 bits per heavy atom. The minimum atomic E-state index is -4.54. The number of nitro groups is 1. The first-order chi connectivity index (χ1) is 13.1. The van der Waals surface area contributed by atoms with Crippen LogP contribution >= 0.6 is 19.6 Å². The molecule has 0 aliphatic heterocycles. The van der Waals surface area contributed by atoms with E-state index in [2.05, 4.69) is 0 Å². The summed E-state index contributed by atoms with van der Waals surface area (Å²) in [4.78, 5) is 10.6. The van der Waals surface area contributed by atoms with Crippen molar-refractivity contribution in [3.63, 3.8) is 0 Å². The van der Waals surface area contributed by atoms with Gasteiger partial charge < -0.3 is 4.74 Å². The minimum Gasteiger partial charge on any atom is -0.456 e. The molecule has 2 rings (SSSR count). The highest BCUT2D eigenvalue weighted by atomic mass is 35.5. The summed E-state index contributed by atoms with van der Waals surface area (Å²) in [5.41, 5.74) is -0.853. The fraction of sp³-hybridized carbons (Fsp3) is 0.294. The Labute approximate surface area is 164 Å². The topological polar surface area (TPSA) is 78.7 Å². The summed E-state index contributed by atoms with van der Waals surface area (Å²) >= 11 is 5.86. The van der Waals surface area contributed by atoms with E-state index in [1.54, 1.807) is 6.92 Å². The van der Waals surface area contributed by atoms with Crippen LogP contribution in [0.1, 0.15) is 18.1 Å². The van der Waals surface area contributed by atoms with Gasteiger partial charge in [-0.15, -0.1) is 4.52 Å². The lowest BCUT2D eigenvalue weighted by Gasteiger charge is -2.12. The fourth-order valence-electron chi connectivity index (χ4n) is 2.31. The van der Waals surface area contributed by atoms with Crippen LogP contribution < -0.4 is 4.74 Å². The van der Waals surface area contributed by atoms with Crippen molar-refractivity contribution < 1.29 is 31.9 Å². The predicted molar refractivity (Wildman–Crippen MR) is 97.4 cm³/mol. The molecule has 0 heterocycles. The lowest BCUT2D eigenvalue weighted by atomic mass is 10.1. The molecular formula is C17H15ClF3NO5P+. The average molecular weight is 437 g/mol. The highest BCUT2D eigenvalue weighted by Crippen LogP contribution is 2.37. The van der Waals surface area contributed by atoms with Gasteiger partial charge in [0, 0.05) is 18.1 Å². The van der Waals surface area contributed by atoms with Gasteiger partial charge in [0.15, 0.2) is 6.16 Å². The second-order valence-corrected chi connectivity index (χ2v) is 7.29. The summed E-state index contributed by atoms with van der Waals surface area (Å²) in [5, 5.41) is 10.9. The first-order valence-corrected chi connectivity index (χ1v) is 9.75. The molecule has 0 aliphatic rings. The quantitative estimate of drug-likeness (QED) is 0.272. The van der Waals surface area contributed by atoms with Crippen LogP contribution in [0.25, 0.3) is 0 Å².